The topological polar surface area (TPSA) is 65.5 Å². The molecule has 172 valence electrons. The van der Waals surface area contributed by atoms with Crippen LogP contribution in [0, 0.1) is 5.92 Å². The van der Waals surface area contributed by atoms with E-state index >= 15 is 0 Å². The molecule has 0 saturated carbocycles. The molecule has 0 aliphatic carbocycles. The number of piperazine rings is 1. The second-order valence-corrected chi connectivity index (χ2v) is 8.20. The van der Waals surface area contributed by atoms with Crippen LogP contribution in [-0.2, 0) is 11.0 Å². The molecule has 2 aromatic rings. The maximum absolute atomic E-state index is 13.2. The van der Waals surface area contributed by atoms with Gasteiger partial charge in [0.15, 0.2) is 0 Å². The third kappa shape index (κ3) is 5.99. The number of aromatic nitrogens is 1. The molecule has 1 aromatic heterocycles. The molecule has 6 nitrogen and oxygen atoms in total. The zero-order valence-electron chi connectivity index (χ0n) is 18.2. The number of carbonyl (C=O) groups is 2. The molecule has 9 heteroatoms. The van der Waals surface area contributed by atoms with Gasteiger partial charge in [0.1, 0.15) is 5.82 Å². The minimum atomic E-state index is -4.58. The van der Waals surface area contributed by atoms with Crippen molar-refractivity contribution in [2.75, 3.05) is 36.4 Å². The molecule has 0 atom stereocenters. The molecular weight excluding hydrogens is 421 g/mol. The van der Waals surface area contributed by atoms with Gasteiger partial charge >= 0.3 is 6.18 Å². The highest BCUT2D eigenvalue weighted by atomic mass is 19.4. The summed E-state index contributed by atoms with van der Waals surface area (Å²) in [6.07, 6.45) is -1.69. The number of nitrogens with one attached hydrogen (secondary N) is 1. The molecular formula is C23H27F3N4O2. The van der Waals surface area contributed by atoms with Crippen molar-refractivity contribution in [3.63, 3.8) is 0 Å². The van der Waals surface area contributed by atoms with Crippen LogP contribution in [0.25, 0.3) is 0 Å². The lowest BCUT2D eigenvalue weighted by Crippen LogP contribution is -2.49. The van der Waals surface area contributed by atoms with E-state index in [0.29, 0.717) is 44.3 Å². The van der Waals surface area contributed by atoms with Gasteiger partial charge in [-0.25, -0.2) is 4.98 Å². The van der Waals surface area contributed by atoms with Gasteiger partial charge < -0.3 is 15.1 Å². The molecule has 1 aromatic carbocycles. The molecule has 32 heavy (non-hydrogen) atoms. The Morgan fingerprint density at radius 1 is 1.06 bits per heavy atom. The molecule has 2 amide bonds. The Kier molecular flexibility index (Phi) is 7.37. The molecule has 2 heterocycles. The Morgan fingerprint density at radius 3 is 2.34 bits per heavy atom. The first-order valence-corrected chi connectivity index (χ1v) is 10.6. The minimum Gasteiger partial charge on any atom is -0.367 e. The molecule has 0 bridgehead atoms. The Hall–Kier alpha value is -3.10. The van der Waals surface area contributed by atoms with Gasteiger partial charge in [0.05, 0.1) is 23.0 Å². The Labute approximate surface area is 185 Å². The van der Waals surface area contributed by atoms with E-state index < -0.39 is 17.6 Å². The van der Waals surface area contributed by atoms with Crippen LogP contribution in [0.4, 0.5) is 24.7 Å². The molecule has 1 aliphatic heterocycles. The highest BCUT2D eigenvalue weighted by molar-refractivity contribution is 5.96. The fraction of sp³-hybridized carbons (Fsp3) is 0.435. The monoisotopic (exact) mass is 448 g/mol. The number of pyridine rings is 1. The molecule has 1 fully saturated rings. The zero-order valence-corrected chi connectivity index (χ0v) is 18.2. The van der Waals surface area contributed by atoms with Gasteiger partial charge in [0, 0.05) is 32.6 Å². The fourth-order valence-electron chi connectivity index (χ4n) is 3.53. The fourth-order valence-corrected chi connectivity index (χ4v) is 3.53. The highest BCUT2D eigenvalue weighted by Gasteiger charge is 2.36. The molecule has 0 spiro atoms. The summed E-state index contributed by atoms with van der Waals surface area (Å²) in [5.74, 6) is 0.226. The predicted octanol–water partition coefficient (Wildman–Crippen LogP) is 4.44. The van der Waals surface area contributed by atoms with Crippen molar-refractivity contribution in [2.24, 2.45) is 5.92 Å². The quantitative estimate of drug-likeness (QED) is 0.710. The Balaban J connectivity index is 1.57. The summed E-state index contributed by atoms with van der Waals surface area (Å²) in [5.41, 5.74) is -0.414. The maximum atomic E-state index is 13.2. The zero-order chi connectivity index (χ0) is 23.3. The average Bonchev–Trinajstić information content (AvgIpc) is 2.77. The van der Waals surface area contributed by atoms with E-state index in [-0.39, 0.29) is 11.5 Å². The lowest BCUT2D eigenvalue weighted by molar-refractivity contribution is -0.138. The minimum absolute atomic E-state index is 0.0785. The number of nitrogens with zero attached hydrogens (tertiary/aromatic N) is 3. The summed E-state index contributed by atoms with van der Waals surface area (Å²) in [4.78, 5) is 32.4. The number of hydrogen-bond acceptors (Lipinski definition) is 4. The number of rotatable bonds is 6. The van der Waals surface area contributed by atoms with Gasteiger partial charge in [-0.15, -0.1) is 0 Å². The van der Waals surface area contributed by atoms with Crippen molar-refractivity contribution in [2.45, 2.75) is 32.9 Å². The first kappa shape index (κ1) is 23.6. The average molecular weight is 448 g/mol. The van der Waals surface area contributed by atoms with Crippen LogP contribution >= 0.6 is 0 Å². The molecule has 0 unspecified atom stereocenters. The highest BCUT2D eigenvalue weighted by Crippen LogP contribution is 2.32. The van der Waals surface area contributed by atoms with Crippen LogP contribution < -0.4 is 10.2 Å². The van der Waals surface area contributed by atoms with Gasteiger partial charge in [0.25, 0.3) is 5.91 Å². The summed E-state index contributed by atoms with van der Waals surface area (Å²) in [5, 5.41) is 2.77. The number of anilines is 2. The van der Waals surface area contributed by atoms with Crippen LogP contribution in [-0.4, -0.2) is 47.9 Å². The molecule has 1 saturated heterocycles. The summed E-state index contributed by atoms with van der Waals surface area (Å²) in [6.45, 7) is 5.67. The second-order valence-electron chi connectivity index (χ2n) is 8.20. The normalized spacial score (nSPS) is 14.6. The van der Waals surface area contributed by atoms with Gasteiger partial charge in [-0.1, -0.05) is 26.0 Å². The van der Waals surface area contributed by atoms with Crippen LogP contribution in [0.1, 0.15) is 42.6 Å². The second kappa shape index (κ2) is 10.0. The molecule has 1 aliphatic rings. The largest absolute Gasteiger partial charge is 0.417 e. The third-order valence-electron chi connectivity index (χ3n) is 5.36. The van der Waals surface area contributed by atoms with Crippen molar-refractivity contribution in [3.05, 3.63) is 53.7 Å². The van der Waals surface area contributed by atoms with Crippen LogP contribution in [0.15, 0.2) is 42.6 Å². The van der Waals surface area contributed by atoms with Crippen LogP contribution in [0.3, 0.4) is 0 Å². The summed E-state index contributed by atoms with van der Waals surface area (Å²) < 4.78 is 39.7. The molecule has 0 radical (unpaired) electrons. The summed E-state index contributed by atoms with van der Waals surface area (Å²) in [7, 11) is 0. The van der Waals surface area contributed by atoms with E-state index in [2.05, 4.69) is 24.1 Å². The SMILES string of the molecule is CC(C)CCC(=O)Nc1ccc(N2CCN(C(=O)c3ccccc3C(F)(F)F)CC2)cn1. The van der Waals surface area contributed by atoms with Crippen molar-refractivity contribution < 1.29 is 22.8 Å². The molecule has 3 rings (SSSR count). The van der Waals surface area contributed by atoms with E-state index in [1.54, 1.807) is 12.3 Å². The molecule has 1 N–H and O–H groups in total. The number of alkyl halides is 3. The first-order valence-electron chi connectivity index (χ1n) is 10.6. The summed E-state index contributed by atoms with van der Waals surface area (Å²) in [6, 6.07) is 8.42. The standard InChI is InChI=1S/C23H27F3N4O2/c1-16(2)7-10-21(31)28-20-9-8-17(15-27-20)29-11-13-30(14-12-29)22(32)18-5-3-4-6-19(18)23(24,25)26/h3-6,8-9,15-16H,7,10-14H2,1-2H3,(H,27,28,31). The number of halogens is 3. The Morgan fingerprint density at radius 2 is 1.75 bits per heavy atom. The van der Waals surface area contributed by atoms with Crippen molar-refractivity contribution >= 4 is 23.3 Å². The maximum Gasteiger partial charge on any atom is 0.417 e. The van der Waals surface area contributed by atoms with E-state index in [9.17, 15) is 22.8 Å². The van der Waals surface area contributed by atoms with Crippen LogP contribution in [0.2, 0.25) is 0 Å². The van der Waals surface area contributed by atoms with Crippen molar-refractivity contribution in [1.82, 2.24) is 9.88 Å². The number of benzene rings is 1. The van der Waals surface area contributed by atoms with Gasteiger partial charge in [0.2, 0.25) is 5.91 Å². The van der Waals surface area contributed by atoms with Crippen molar-refractivity contribution in [1.29, 1.82) is 0 Å². The lowest BCUT2D eigenvalue weighted by atomic mass is 10.1. The van der Waals surface area contributed by atoms with E-state index in [1.165, 1.54) is 23.1 Å². The van der Waals surface area contributed by atoms with Gasteiger partial charge in [-0.3, -0.25) is 9.59 Å². The lowest BCUT2D eigenvalue weighted by Gasteiger charge is -2.36. The van der Waals surface area contributed by atoms with Gasteiger partial charge in [-0.2, -0.15) is 13.2 Å². The van der Waals surface area contributed by atoms with Crippen molar-refractivity contribution in [3.8, 4) is 0 Å². The number of carbonyl (C=O) groups excluding carboxylic acids is 2. The van der Waals surface area contributed by atoms with Crippen LogP contribution in [0.5, 0.6) is 0 Å². The summed E-state index contributed by atoms with van der Waals surface area (Å²) >= 11 is 0. The van der Waals surface area contributed by atoms with Gasteiger partial charge in [-0.05, 0) is 36.6 Å². The number of hydrogen-bond donors (Lipinski definition) is 1. The smallest absolute Gasteiger partial charge is 0.367 e. The third-order valence-corrected chi connectivity index (χ3v) is 5.36. The predicted molar refractivity (Wildman–Crippen MR) is 116 cm³/mol. The van der Waals surface area contributed by atoms with E-state index in [1.807, 2.05) is 11.0 Å². The first-order chi connectivity index (χ1) is 15.1. The number of amides is 2. The van der Waals surface area contributed by atoms with E-state index in [0.717, 1.165) is 18.2 Å². The Bertz CT molecular complexity index is 937. The van der Waals surface area contributed by atoms with E-state index in [4.69, 9.17) is 0 Å².